The van der Waals surface area contributed by atoms with E-state index in [1.807, 2.05) is 38.1 Å². The molecule has 1 heterocycles. The summed E-state index contributed by atoms with van der Waals surface area (Å²) in [4.78, 5) is 27.3. The number of halogens is 2. The largest absolute Gasteiger partial charge is 0.507 e. The van der Waals surface area contributed by atoms with Gasteiger partial charge in [0.15, 0.2) is 11.6 Å². The van der Waals surface area contributed by atoms with E-state index in [1.165, 1.54) is 6.07 Å². The monoisotopic (exact) mass is 433 g/mol. The maximum absolute atomic E-state index is 14.0. The van der Waals surface area contributed by atoms with Crippen molar-refractivity contribution in [3.63, 3.8) is 0 Å². The fourth-order valence-electron chi connectivity index (χ4n) is 3.98. The highest BCUT2D eigenvalue weighted by molar-refractivity contribution is 6.51. The van der Waals surface area contributed by atoms with Crippen LogP contribution in [-0.4, -0.2) is 16.8 Å². The van der Waals surface area contributed by atoms with Gasteiger partial charge in [-0.15, -0.1) is 0 Å². The molecule has 1 amide bonds. The highest BCUT2D eigenvalue weighted by atomic mass is 19.2. The van der Waals surface area contributed by atoms with Gasteiger partial charge in [-0.1, -0.05) is 55.5 Å². The molecule has 162 valence electrons. The first-order valence-corrected chi connectivity index (χ1v) is 10.2. The summed E-state index contributed by atoms with van der Waals surface area (Å²) in [6, 6.07) is 16.2. The van der Waals surface area contributed by atoms with Crippen LogP contribution in [0.3, 0.4) is 0 Å². The maximum Gasteiger partial charge on any atom is 0.300 e. The van der Waals surface area contributed by atoms with Gasteiger partial charge in [-0.2, -0.15) is 0 Å². The fraction of sp³-hybridized carbons (Fsp3) is 0.154. The quantitative estimate of drug-likeness (QED) is 0.338. The van der Waals surface area contributed by atoms with Crippen molar-refractivity contribution in [3.8, 4) is 0 Å². The van der Waals surface area contributed by atoms with E-state index in [0.29, 0.717) is 11.1 Å². The van der Waals surface area contributed by atoms with Crippen molar-refractivity contribution in [2.24, 2.45) is 0 Å². The SMILES string of the molecule is CCc1ccc(/C(O)=C2\C(=O)C(=O)N(c3ccc(F)c(F)c3)C2c2ccccc2C)cc1. The Labute approximate surface area is 184 Å². The van der Waals surface area contributed by atoms with Gasteiger partial charge in [0.25, 0.3) is 11.7 Å². The zero-order chi connectivity index (χ0) is 23.0. The molecule has 0 aromatic heterocycles. The van der Waals surface area contributed by atoms with Crippen molar-refractivity contribution >= 4 is 23.1 Å². The van der Waals surface area contributed by atoms with Crippen LogP contribution in [0.4, 0.5) is 14.5 Å². The van der Waals surface area contributed by atoms with Gasteiger partial charge in [-0.05, 0) is 42.2 Å². The highest BCUT2D eigenvalue weighted by Crippen LogP contribution is 2.43. The van der Waals surface area contributed by atoms with Gasteiger partial charge in [-0.25, -0.2) is 8.78 Å². The van der Waals surface area contributed by atoms with Crippen LogP contribution < -0.4 is 4.90 Å². The van der Waals surface area contributed by atoms with Gasteiger partial charge >= 0.3 is 0 Å². The minimum atomic E-state index is -1.14. The van der Waals surface area contributed by atoms with Crippen molar-refractivity contribution in [1.82, 2.24) is 0 Å². The van der Waals surface area contributed by atoms with E-state index in [1.54, 1.807) is 24.3 Å². The van der Waals surface area contributed by atoms with Gasteiger partial charge in [0.1, 0.15) is 5.76 Å². The van der Waals surface area contributed by atoms with Crippen LogP contribution in [0.25, 0.3) is 5.76 Å². The summed E-state index contributed by atoms with van der Waals surface area (Å²) < 4.78 is 27.5. The van der Waals surface area contributed by atoms with Gasteiger partial charge in [0.05, 0.1) is 11.6 Å². The number of benzene rings is 3. The normalized spacial score (nSPS) is 17.8. The molecule has 1 fully saturated rings. The molecule has 4 nitrogen and oxygen atoms in total. The summed E-state index contributed by atoms with van der Waals surface area (Å²) in [5.41, 5.74) is 2.75. The second kappa shape index (κ2) is 8.38. The number of carbonyl (C=O) groups is 2. The number of nitrogens with zero attached hydrogens (tertiary/aromatic N) is 1. The van der Waals surface area contributed by atoms with Crippen LogP contribution in [0.5, 0.6) is 0 Å². The number of Topliss-reactive ketones (excluding diaryl/α,β-unsaturated/α-hetero) is 1. The van der Waals surface area contributed by atoms with Crippen LogP contribution in [0.1, 0.15) is 35.2 Å². The molecule has 0 bridgehead atoms. The number of hydrogen-bond acceptors (Lipinski definition) is 3. The van der Waals surface area contributed by atoms with Gasteiger partial charge in [-0.3, -0.25) is 14.5 Å². The smallest absolute Gasteiger partial charge is 0.300 e. The van der Waals surface area contributed by atoms with E-state index in [4.69, 9.17) is 0 Å². The molecule has 1 unspecified atom stereocenters. The van der Waals surface area contributed by atoms with Crippen molar-refractivity contribution in [3.05, 3.63) is 106 Å². The molecule has 1 saturated heterocycles. The number of amides is 1. The number of hydrogen-bond donors (Lipinski definition) is 1. The predicted octanol–water partition coefficient (Wildman–Crippen LogP) is 5.46. The number of carbonyl (C=O) groups excluding carboxylic acids is 2. The minimum Gasteiger partial charge on any atom is -0.507 e. The molecule has 1 atom stereocenters. The number of rotatable bonds is 4. The van der Waals surface area contributed by atoms with E-state index < -0.39 is 29.4 Å². The van der Waals surface area contributed by atoms with Crippen LogP contribution in [0, 0.1) is 18.6 Å². The first-order valence-electron chi connectivity index (χ1n) is 10.2. The van der Waals surface area contributed by atoms with E-state index in [2.05, 4.69) is 0 Å². The van der Waals surface area contributed by atoms with Crippen molar-refractivity contribution in [1.29, 1.82) is 0 Å². The van der Waals surface area contributed by atoms with Gasteiger partial charge < -0.3 is 5.11 Å². The Morgan fingerprint density at radius 2 is 1.66 bits per heavy atom. The third-order valence-electron chi connectivity index (χ3n) is 5.74. The molecule has 0 radical (unpaired) electrons. The highest BCUT2D eigenvalue weighted by Gasteiger charge is 2.47. The Balaban J connectivity index is 1.95. The van der Waals surface area contributed by atoms with E-state index >= 15 is 0 Å². The van der Waals surface area contributed by atoms with Crippen molar-refractivity contribution in [2.75, 3.05) is 4.90 Å². The third kappa shape index (κ3) is 3.58. The number of ketones is 1. The molecule has 3 aromatic rings. The summed E-state index contributed by atoms with van der Waals surface area (Å²) in [6.07, 6.45) is 0.810. The summed E-state index contributed by atoms with van der Waals surface area (Å²) in [6.45, 7) is 3.82. The number of aryl methyl sites for hydroxylation is 2. The molecule has 1 aliphatic heterocycles. The standard InChI is InChI=1S/C26H21F2NO3/c1-3-16-8-10-17(11-9-16)24(30)22-23(19-7-5-4-6-15(19)2)29(26(32)25(22)31)18-12-13-20(27)21(28)14-18/h4-14,23,30H,3H2,1-2H3/b24-22+. The maximum atomic E-state index is 14.0. The molecular formula is C26H21F2NO3. The van der Waals surface area contributed by atoms with Crippen LogP contribution in [0.15, 0.2) is 72.3 Å². The van der Waals surface area contributed by atoms with E-state index in [0.717, 1.165) is 34.6 Å². The fourth-order valence-corrected chi connectivity index (χ4v) is 3.98. The molecule has 1 N–H and O–H groups in total. The molecule has 32 heavy (non-hydrogen) atoms. The number of aliphatic hydroxyl groups is 1. The zero-order valence-corrected chi connectivity index (χ0v) is 17.6. The third-order valence-corrected chi connectivity index (χ3v) is 5.74. The van der Waals surface area contributed by atoms with Gasteiger partial charge in [0.2, 0.25) is 0 Å². The molecule has 4 rings (SSSR count). The molecule has 3 aromatic carbocycles. The van der Waals surface area contributed by atoms with Crippen LogP contribution in [0.2, 0.25) is 0 Å². The molecule has 0 spiro atoms. The van der Waals surface area contributed by atoms with Crippen molar-refractivity contribution < 1.29 is 23.5 Å². The Morgan fingerprint density at radius 1 is 0.969 bits per heavy atom. The molecule has 0 saturated carbocycles. The summed E-state index contributed by atoms with van der Waals surface area (Å²) in [5, 5.41) is 11.1. The first-order chi connectivity index (χ1) is 15.3. The second-order valence-corrected chi connectivity index (χ2v) is 7.67. The zero-order valence-electron chi connectivity index (χ0n) is 17.6. The average molecular weight is 433 g/mol. The number of anilines is 1. The lowest BCUT2D eigenvalue weighted by Gasteiger charge is -2.26. The van der Waals surface area contributed by atoms with E-state index in [-0.39, 0.29) is 17.0 Å². The Hall–Kier alpha value is -3.80. The number of aliphatic hydroxyl groups excluding tert-OH is 1. The lowest BCUT2D eigenvalue weighted by atomic mass is 9.92. The summed E-state index contributed by atoms with van der Waals surface area (Å²) in [5.74, 6) is -4.32. The second-order valence-electron chi connectivity index (χ2n) is 7.67. The summed E-state index contributed by atoms with van der Waals surface area (Å²) >= 11 is 0. The molecule has 0 aliphatic carbocycles. The Morgan fingerprint density at radius 3 is 2.28 bits per heavy atom. The molecule has 6 heteroatoms. The lowest BCUT2D eigenvalue weighted by molar-refractivity contribution is -0.132. The Bertz CT molecular complexity index is 1250. The molecule has 1 aliphatic rings. The van der Waals surface area contributed by atoms with Crippen molar-refractivity contribution in [2.45, 2.75) is 26.3 Å². The minimum absolute atomic E-state index is 0.0274. The first kappa shape index (κ1) is 21.4. The Kier molecular flexibility index (Phi) is 5.61. The van der Waals surface area contributed by atoms with Gasteiger partial charge in [0, 0.05) is 17.3 Å². The topological polar surface area (TPSA) is 57.6 Å². The lowest BCUT2D eigenvalue weighted by Crippen LogP contribution is -2.30. The molecular weight excluding hydrogens is 412 g/mol. The average Bonchev–Trinajstić information content (AvgIpc) is 3.06. The predicted molar refractivity (Wildman–Crippen MR) is 118 cm³/mol. The van der Waals surface area contributed by atoms with E-state index in [9.17, 15) is 23.5 Å². The summed E-state index contributed by atoms with van der Waals surface area (Å²) in [7, 11) is 0. The van der Waals surface area contributed by atoms with Crippen LogP contribution in [-0.2, 0) is 16.0 Å². The van der Waals surface area contributed by atoms with Crippen LogP contribution >= 0.6 is 0 Å².